The smallest absolute Gasteiger partial charge is 0.00826 e. The molecule has 0 aromatic rings. The van der Waals surface area contributed by atoms with E-state index in [0.29, 0.717) is 11.5 Å². The molecule has 3 atom stereocenters. The van der Waals surface area contributed by atoms with E-state index in [4.69, 9.17) is 5.73 Å². The van der Waals surface area contributed by atoms with Gasteiger partial charge in [-0.2, -0.15) is 0 Å². The Morgan fingerprint density at radius 1 is 1.05 bits per heavy atom. The molecule has 3 fully saturated rings. The Labute approximate surface area is 124 Å². The van der Waals surface area contributed by atoms with Crippen molar-refractivity contribution in [3.05, 3.63) is 0 Å². The van der Waals surface area contributed by atoms with Crippen molar-refractivity contribution in [2.45, 2.75) is 58.4 Å². The lowest BCUT2D eigenvalue weighted by molar-refractivity contribution is 0.152. The van der Waals surface area contributed by atoms with E-state index in [1.807, 2.05) is 0 Å². The van der Waals surface area contributed by atoms with Gasteiger partial charge in [0.15, 0.2) is 0 Å². The van der Waals surface area contributed by atoms with E-state index >= 15 is 0 Å². The van der Waals surface area contributed by atoms with Crippen LogP contribution in [0.15, 0.2) is 0 Å². The van der Waals surface area contributed by atoms with Crippen LogP contribution in [0.25, 0.3) is 0 Å². The topological polar surface area (TPSA) is 29.3 Å². The zero-order valence-electron chi connectivity index (χ0n) is 12.6. The zero-order valence-corrected chi connectivity index (χ0v) is 13.4. The van der Waals surface area contributed by atoms with Gasteiger partial charge < -0.3 is 10.6 Å². The minimum absolute atomic E-state index is 0. The second-order valence-corrected chi connectivity index (χ2v) is 7.99. The fourth-order valence-corrected chi connectivity index (χ4v) is 4.56. The quantitative estimate of drug-likeness (QED) is 0.844. The molecule has 2 aliphatic carbocycles. The third-order valence-corrected chi connectivity index (χ3v) is 5.96. The number of nitrogens with zero attached hydrogens (tertiary/aromatic N) is 1. The summed E-state index contributed by atoms with van der Waals surface area (Å²) >= 11 is 0. The summed E-state index contributed by atoms with van der Waals surface area (Å²) in [5, 5.41) is 0. The predicted molar refractivity (Wildman–Crippen MR) is 83.6 cm³/mol. The van der Waals surface area contributed by atoms with Crippen LogP contribution in [0.4, 0.5) is 0 Å². The number of halogens is 1. The van der Waals surface area contributed by atoms with Crippen LogP contribution in [0.1, 0.15) is 52.4 Å². The predicted octanol–water partition coefficient (Wildman–Crippen LogP) is 3.29. The third kappa shape index (κ3) is 3.46. The number of likely N-dealkylation sites (tertiary alicyclic amines) is 1. The number of hydrogen-bond donors (Lipinski definition) is 1. The molecule has 0 amide bonds. The van der Waals surface area contributed by atoms with Gasteiger partial charge in [0, 0.05) is 25.7 Å². The largest absolute Gasteiger partial charge is 0.327 e. The van der Waals surface area contributed by atoms with E-state index in [-0.39, 0.29) is 12.4 Å². The summed E-state index contributed by atoms with van der Waals surface area (Å²) in [7, 11) is 0. The lowest BCUT2D eigenvalue weighted by atomic mass is 9.73. The van der Waals surface area contributed by atoms with Crippen LogP contribution in [0.5, 0.6) is 0 Å². The standard InChI is InChI=1S/C16H30N2.ClH/c1-16(2)7-5-12(6-8-16)9-18-10-13-3-4-15(17)14(13)11-18;/h12-15H,3-11,17H2,1-2H3;1H. The van der Waals surface area contributed by atoms with Gasteiger partial charge in [-0.15, -0.1) is 12.4 Å². The number of nitrogens with two attached hydrogens (primary N) is 1. The van der Waals surface area contributed by atoms with Crippen LogP contribution in [0.2, 0.25) is 0 Å². The van der Waals surface area contributed by atoms with Crippen molar-refractivity contribution < 1.29 is 0 Å². The minimum atomic E-state index is 0. The molecular formula is C16H31ClN2. The molecule has 3 aliphatic rings. The molecule has 2 nitrogen and oxygen atoms in total. The number of hydrogen-bond acceptors (Lipinski definition) is 2. The minimum Gasteiger partial charge on any atom is -0.327 e. The van der Waals surface area contributed by atoms with E-state index < -0.39 is 0 Å². The van der Waals surface area contributed by atoms with Gasteiger partial charge in [-0.3, -0.25) is 0 Å². The zero-order chi connectivity index (χ0) is 12.8. The highest BCUT2D eigenvalue weighted by molar-refractivity contribution is 5.85. The van der Waals surface area contributed by atoms with Gasteiger partial charge in [0.1, 0.15) is 0 Å². The van der Waals surface area contributed by atoms with Gasteiger partial charge in [-0.1, -0.05) is 13.8 Å². The van der Waals surface area contributed by atoms with Crippen molar-refractivity contribution in [1.29, 1.82) is 0 Å². The molecule has 2 N–H and O–H groups in total. The van der Waals surface area contributed by atoms with E-state index in [0.717, 1.165) is 17.8 Å². The highest BCUT2D eigenvalue weighted by Crippen LogP contribution is 2.41. The van der Waals surface area contributed by atoms with Crippen molar-refractivity contribution in [3.8, 4) is 0 Å². The Kier molecular flexibility index (Phi) is 4.85. The molecule has 0 radical (unpaired) electrons. The molecule has 0 aromatic carbocycles. The Hall–Kier alpha value is 0.210. The van der Waals surface area contributed by atoms with E-state index in [1.54, 1.807) is 0 Å². The van der Waals surface area contributed by atoms with Crippen LogP contribution in [0, 0.1) is 23.2 Å². The summed E-state index contributed by atoms with van der Waals surface area (Å²) in [5.41, 5.74) is 6.84. The fraction of sp³-hybridized carbons (Fsp3) is 1.00. The summed E-state index contributed by atoms with van der Waals surface area (Å²) in [5.74, 6) is 2.72. The van der Waals surface area contributed by atoms with Crippen LogP contribution >= 0.6 is 12.4 Å². The highest BCUT2D eigenvalue weighted by Gasteiger charge is 2.41. The summed E-state index contributed by atoms with van der Waals surface area (Å²) in [6.07, 6.45) is 8.42. The van der Waals surface area contributed by atoms with Gasteiger partial charge in [-0.25, -0.2) is 0 Å². The van der Waals surface area contributed by atoms with Gasteiger partial charge in [-0.05, 0) is 61.7 Å². The van der Waals surface area contributed by atoms with E-state index in [9.17, 15) is 0 Å². The van der Waals surface area contributed by atoms with Crippen molar-refractivity contribution in [2.24, 2.45) is 28.9 Å². The first-order valence-electron chi connectivity index (χ1n) is 8.01. The summed E-state index contributed by atoms with van der Waals surface area (Å²) in [6, 6.07) is 0.505. The lowest BCUT2D eigenvalue weighted by Gasteiger charge is -2.36. The normalized spacial score (nSPS) is 39.0. The van der Waals surface area contributed by atoms with Gasteiger partial charge in [0.2, 0.25) is 0 Å². The summed E-state index contributed by atoms with van der Waals surface area (Å²) < 4.78 is 0. The maximum Gasteiger partial charge on any atom is 0.00826 e. The average molecular weight is 287 g/mol. The summed E-state index contributed by atoms with van der Waals surface area (Å²) in [4.78, 5) is 2.73. The van der Waals surface area contributed by atoms with Crippen LogP contribution < -0.4 is 5.73 Å². The molecular weight excluding hydrogens is 256 g/mol. The van der Waals surface area contributed by atoms with E-state index in [1.165, 1.54) is 58.2 Å². The lowest BCUT2D eigenvalue weighted by Crippen LogP contribution is -2.34. The molecule has 0 spiro atoms. The Morgan fingerprint density at radius 2 is 1.74 bits per heavy atom. The van der Waals surface area contributed by atoms with Crippen LogP contribution in [-0.2, 0) is 0 Å². The van der Waals surface area contributed by atoms with Crippen LogP contribution in [-0.4, -0.2) is 30.6 Å². The molecule has 2 saturated carbocycles. The molecule has 19 heavy (non-hydrogen) atoms. The van der Waals surface area contributed by atoms with Crippen LogP contribution in [0.3, 0.4) is 0 Å². The Balaban J connectivity index is 0.00000133. The van der Waals surface area contributed by atoms with Gasteiger partial charge in [0.05, 0.1) is 0 Å². The molecule has 3 rings (SSSR count). The molecule has 1 aliphatic heterocycles. The average Bonchev–Trinajstić information content (AvgIpc) is 2.85. The first-order valence-corrected chi connectivity index (χ1v) is 8.01. The molecule has 112 valence electrons. The van der Waals surface area contributed by atoms with Crippen molar-refractivity contribution in [1.82, 2.24) is 4.90 Å². The second kappa shape index (κ2) is 5.91. The van der Waals surface area contributed by atoms with Gasteiger partial charge >= 0.3 is 0 Å². The Morgan fingerprint density at radius 3 is 2.37 bits per heavy atom. The molecule has 3 unspecified atom stereocenters. The maximum absolute atomic E-state index is 6.22. The third-order valence-electron chi connectivity index (χ3n) is 5.96. The molecule has 1 heterocycles. The molecule has 1 saturated heterocycles. The number of rotatable bonds is 2. The fourth-order valence-electron chi connectivity index (χ4n) is 4.56. The molecule has 0 aromatic heterocycles. The van der Waals surface area contributed by atoms with Gasteiger partial charge in [0.25, 0.3) is 0 Å². The van der Waals surface area contributed by atoms with Crippen molar-refractivity contribution in [3.63, 3.8) is 0 Å². The van der Waals surface area contributed by atoms with E-state index in [2.05, 4.69) is 18.7 Å². The first kappa shape index (κ1) is 15.6. The summed E-state index contributed by atoms with van der Waals surface area (Å²) in [6.45, 7) is 8.87. The monoisotopic (exact) mass is 286 g/mol. The Bertz CT molecular complexity index is 295. The van der Waals surface area contributed by atoms with Crippen molar-refractivity contribution in [2.75, 3.05) is 19.6 Å². The maximum atomic E-state index is 6.22. The SMILES string of the molecule is CC1(C)CCC(CN2CC3CCC(N)C3C2)CC1.Cl. The molecule has 3 heteroatoms. The highest BCUT2D eigenvalue weighted by atomic mass is 35.5. The van der Waals surface area contributed by atoms with Crippen molar-refractivity contribution >= 4 is 12.4 Å². The first-order chi connectivity index (χ1) is 8.53. The second-order valence-electron chi connectivity index (χ2n) is 7.99. The molecule has 0 bridgehead atoms. The number of fused-ring (bicyclic) bond motifs is 1.